The molecule has 0 amide bonds. The Balaban J connectivity index is 1.58. The molecule has 1 aliphatic carbocycles. The second kappa shape index (κ2) is 11.1. The fourth-order valence-corrected chi connectivity index (χ4v) is 6.70. The maximum absolute atomic E-state index is 10.5. The minimum Gasteiger partial charge on any atom is -0.494 e. The highest BCUT2D eigenvalue weighted by Gasteiger charge is 2.80. The van der Waals surface area contributed by atoms with Gasteiger partial charge in [0.25, 0.3) is 0 Å². The molecule has 37 heavy (non-hydrogen) atoms. The van der Waals surface area contributed by atoms with Gasteiger partial charge in [-0.2, -0.15) is 15.8 Å². The Morgan fingerprint density at radius 1 is 0.973 bits per heavy atom. The molecule has 5 atom stereocenters. The molecule has 3 fully saturated rings. The highest BCUT2D eigenvalue weighted by atomic mass is 16.7. The predicted octanol–water partition coefficient (Wildman–Crippen LogP) is 6.96. The molecule has 196 valence electrons. The number of ether oxygens (including phenoxy) is 3. The molecule has 5 unspecified atom stereocenters. The van der Waals surface area contributed by atoms with Gasteiger partial charge in [-0.3, -0.25) is 5.41 Å². The third-order valence-corrected chi connectivity index (χ3v) is 8.66. The lowest BCUT2D eigenvalue weighted by Gasteiger charge is -2.52. The SMILES string of the molecule is CCCCCCCCOc1ccc(C2OC34CCC(CCC)CC3C(C#N)(C(=N)O4)C2(C#N)C#N)cc1. The Labute approximate surface area is 220 Å². The van der Waals surface area contributed by atoms with Gasteiger partial charge in [-0.1, -0.05) is 70.9 Å². The van der Waals surface area contributed by atoms with Crippen molar-refractivity contribution in [2.75, 3.05) is 6.61 Å². The molecule has 2 aliphatic heterocycles. The quantitative estimate of drug-likeness (QED) is 0.326. The van der Waals surface area contributed by atoms with E-state index in [9.17, 15) is 15.8 Å². The van der Waals surface area contributed by atoms with E-state index in [1.165, 1.54) is 25.7 Å². The second-order valence-electron chi connectivity index (χ2n) is 10.9. The summed E-state index contributed by atoms with van der Waals surface area (Å²) in [5.74, 6) is -0.930. The molecule has 1 aromatic carbocycles. The molecule has 1 N–H and O–H groups in total. The minimum absolute atomic E-state index is 0.304. The molecule has 2 heterocycles. The van der Waals surface area contributed by atoms with Crippen LogP contribution in [0.2, 0.25) is 0 Å². The molecule has 0 aromatic heterocycles. The number of nitrogens with zero attached hydrogens (tertiary/aromatic N) is 3. The zero-order valence-electron chi connectivity index (χ0n) is 22.1. The molecule has 2 bridgehead atoms. The molecule has 3 aliphatic rings. The zero-order valence-corrected chi connectivity index (χ0v) is 22.1. The van der Waals surface area contributed by atoms with Crippen LogP contribution < -0.4 is 4.74 Å². The van der Waals surface area contributed by atoms with E-state index in [0.717, 1.165) is 32.1 Å². The van der Waals surface area contributed by atoms with E-state index >= 15 is 0 Å². The van der Waals surface area contributed by atoms with Crippen molar-refractivity contribution in [2.24, 2.45) is 22.7 Å². The lowest BCUT2D eigenvalue weighted by Crippen LogP contribution is -2.61. The summed E-state index contributed by atoms with van der Waals surface area (Å²) in [5.41, 5.74) is -2.97. The lowest BCUT2D eigenvalue weighted by molar-refractivity contribution is -0.299. The molecule has 7 heteroatoms. The lowest BCUT2D eigenvalue weighted by atomic mass is 9.50. The van der Waals surface area contributed by atoms with Crippen molar-refractivity contribution >= 4 is 5.90 Å². The highest BCUT2D eigenvalue weighted by Crippen LogP contribution is 2.70. The van der Waals surface area contributed by atoms with E-state index in [2.05, 4.69) is 32.1 Å². The summed E-state index contributed by atoms with van der Waals surface area (Å²) in [5, 5.41) is 40.2. The van der Waals surface area contributed by atoms with Gasteiger partial charge in [0.05, 0.1) is 30.7 Å². The van der Waals surface area contributed by atoms with Gasteiger partial charge in [0.1, 0.15) is 11.9 Å². The Bertz CT molecular complexity index is 1080. The van der Waals surface area contributed by atoms with Crippen molar-refractivity contribution in [2.45, 2.75) is 96.4 Å². The van der Waals surface area contributed by atoms with Crippen LogP contribution in [0, 0.1) is 62.1 Å². The van der Waals surface area contributed by atoms with Gasteiger partial charge in [0, 0.05) is 6.42 Å². The first-order valence-electron chi connectivity index (χ1n) is 13.9. The van der Waals surface area contributed by atoms with E-state index in [0.29, 0.717) is 36.7 Å². The number of rotatable bonds is 11. The molecular weight excluding hydrogens is 464 g/mol. The Morgan fingerprint density at radius 3 is 2.32 bits per heavy atom. The van der Waals surface area contributed by atoms with Crippen molar-refractivity contribution in [1.82, 2.24) is 0 Å². The summed E-state index contributed by atoms with van der Waals surface area (Å²) in [6.45, 7) is 4.97. The van der Waals surface area contributed by atoms with Crippen molar-refractivity contribution in [3.63, 3.8) is 0 Å². The van der Waals surface area contributed by atoms with Gasteiger partial charge < -0.3 is 14.2 Å². The van der Waals surface area contributed by atoms with Crippen molar-refractivity contribution < 1.29 is 14.2 Å². The molecule has 1 saturated carbocycles. The summed E-state index contributed by atoms with van der Waals surface area (Å²) >= 11 is 0. The zero-order chi connectivity index (χ0) is 26.5. The molecule has 0 radical (unpaired) electrons. The van der Waals surface area contributed by atoms with Crippen LogP contribution >= 0.6 is 0 Å². The van der Waals surface area contributed by atoms with Crippen molar-refractivity contribution in [1.29, 1.82) is 21.2 Å². The third kappa shape index (κ3) is 4.36. The van der Waals surface area contributed by atoms with Gasteiger partial charge in [0.15, 0.2) is 5.41 Å². The first-order chi connectivity index (χ1) is 18.0. The number of hydrogen-bond acceptors (Lipinski definition) is 7. The van der Waals surface area contributed by atoms with Crippen LogP contribution in [0.4, 0.5) is 0 Å². The summed E-state index contributed by atoms with van der Waals surface area (Å²) < 4.78 is 18.5. The van der Waals surface area contributed by atoms with Crippen LogP contribution in [0.15, 0.2) is 24.3 Å². The topological polar surface area (TPSA) is 123 Å². The van der Waals surface area contributed by atoms with E-state index in [1.807, 2.05) is 12.1 Å². The van der Waals surface area contributed by atoms with E-state index < -0.39 is 28.6 Å². The molecule has 7 nitrogen and oxygen atoms in total. The largest absolute Gasteiger partial charge is 0.494 e. The number of nitrogens with one attached hydrogen (secondary N) is 1. The standard InChI is InChI=1S/C30H38N4O3/c1-3-5-6-7-8-9-17-35-24-13-11-23(12-14-24)26-28(19-31,20-32)29(21-33)25-18-22(10-4-2)15-16-30(25,36-26)37-27(29)34/h11-14,22,25-26,34H,3-10,15-18H2,1-2H3. The maximum Gasteiger partial charge on any atom is 0.217 e. The average molecular weight is 503 g/mol. The highest BCUT2D eigenvalue weighted by molar-refractivity contribution is 5.89. The van der Waals surface area contributed by atoms with Crippen molar-refractivity contribution in [3.8, 4) is 24.0 Å². The van der Waals surface area contributed by atoms with Crippen LogP contribution in [-0.4, -0.2) is 18.3 Å². The van der Waals surface area contributed by atoms with E-state index in [1.54, 1.807) is 12.1 Å². The van der Waals surface area contributed by atoms with Crippen molar-refractivity contribution in [3.05, 3.63) is 29.8 Å². The van der Waals surface area contributed by atoms with Crippen LogP contribution in [0.3, 0.4) is 0 Å². The summed E-state index contributed by atoms with van der Waals surface area (Å²) in [7, 11) is 0. The van der Waals surface area contributed by atoms with Crippen LogP contribution in [0.25, 0.3) is 0 Å². The molecule has 4 rings (SSSR count). The second-order valence-corrected chi connectivity index (χ2v) is 10.9. The number of hydrogen-bond donors (Lipinski definition) is 1. The summed E-state index contributed by atoms with van der Waals surface area (Å²) in [4.78, 5) is 0. The Morgan fingerprint density at radius 2 is 1.68 bits per heavy atom. The number of benzene rings is 1. The first-order valence-corrected chi connectivity index (χ1v) is 13.9. The van der Waals surface area contributed by atoms with E-state index in [-0.39, 0.29) is 5.90 Å². The van der Waals surface area contributed by atoms with Crippen LogP contribution in [-0.2, 0) is 9.47 Å². The summed E-state index contributed by atoms with van der Waals surface area (Å²) in [6, 6.07) is 13.8. The summed E-state index contributed by atoms with van der Waals surface area (Å²) in [6.07, 6.45) is 10.1. The van der Waals surface area contributed by atoms with Gasteiger partial charge in [-0.05, 0) is 42.9 Å². The van der Waals surface area contributed by atoms with Gasteiger partial charge in [-0.25, -0.2) is 0 Å². The smallest absolute Gasteiger partial charge is 0.217 e. The van der Waals surface area contributed by atoms with E-state index in [4.69, 9.17) is 19.6 Å². The Hall–Kier alpha value is -3.08. The first kappa shape index (κ1) is 27.0. The Kier molecular flexibility index (Phi) is 8.11. The van der Waals surface area contributed by atoms with Crippen LogP contribution in [0.1, 0.15) is 96.1 Å². The fraction of sp³-hybridized carbons (Fsp3) is 0.667. The normalized spacial score (nSPS) is 31.3. The van der Waals surface area contributed by atoms with Gasteiger partial charge >= 0.3 is 0 Å². The van der Waals surface area contributed by atoms with Gasteiger partial charge in [0.2, 0.25) is 17.1 Å². The average Bonchev–Trinajstić information content (AvgIpc) is 3.12. The third-order valence-electron chi connectivity index (χ3n) is 8.66. The van der Waals surface area contributed by atoms with Crippen LogP contribution in [0.5, 0.6) is 5.75 Å². The predicted molar refractivity (Wildman–Crippen MR) is 138 cm³/mol. The molecule has 2 saturated heterocycles. The fourth-order valence-electron chi connectivity index (χ4n) is 6.70. The number of unbranched alkanes of at least 4 members (excludes halogenated alkanes) is 5. The maximum atomic E-state index is 10.5. The number of nitriles is 3. The molecular formula is C30H38N4O3. The minimum atomic E-state index is -1.90. The monoisotopic (exact) mass is 502 g/mol. The van der Waals surface area contributed by atoms with Gasteiger partial charge in [-0.15, -0.1) is 0 Å². The molecule has 0 spiro atoms. The molecule has 1 aromatic rings.